The highest BCUT2D eigenvalue weighted by molar-refractivity contribution is 8.26. The molecule has 0 bridgehead atoms. The molecule has 1 amide bonds. The SMILES string of the molecule is Cn1cccc1/C=C1\SC(=S)N(CCCN2CCOCC2)C1=O. The van der Waals surface area contributed by atoms with Crippen LogP contribution in [0.1, 0.15) is 12.1 Å². The number of aryl methyl sites for hydroxylation is 1. The van der Waals surface area contributed by atoms with Crippen molar-refractivity contribution in [2.45, 2.75) is 6.42 Å². The fraction of sp³-hybridized carbons (Fsp3) is 0.500. The van der Waals surface area contributed by atoms with E-state index in [0.717, 1.165) is 45.0 Å². The normalized spacial score (nSPS) is 21.6. The number of thiocarbonyl (C=S) groups is 1. The van der Waals surface area contributed by atoms with Gasteiger partial charge in [0.2, 0.25) is 0 Å². The minimum Gasteiger partial charge on any atom is -0.379 e. The molecule has 3 heterocycles. The van der Waals surface area contributed by atoms with Crippen LogP contribution in [0.4, 0.5) is 0 Å². The van der Waals surface area contributed by atoms with E-state index in [1.165, 1.54) is 11.8 Å². The Morgan fingerprint density at radius 2 is 2.13 bits per heavy atom. The van der Waals surface area contributed by atoms with E-state index in [-0.39, 0.29) is 5.91 Å². The zero-order valence-electron chi connectivity index (χ0n) is 13.2. The number of nitrogens with zero attached hydrogens (tertiary/aromatic N) is 3. The quantitative estimate of drug-likeness (QED) is 0.599. The molecular formula is C16H21N3O2S2. The third kappa shape index (κ3) is 4.03. The average molecular weight is 351 g/mol. The molecular weight excluding hydrogens is 330 g/mol. The maximum atomic E-state index is 12.5. The number of ether oxygens (including phenoxy) is 1. The molecule has 124 valence electrons. The molecule has 2 saturated heterocycles. The lowest BCUT2D eigenvalue weighted by Gasteiger charge is -2.27. The molecule has 0 atom stereocenters. The number of hydrogen-bond acceptors (Lipinski definition) is 5. The van der Waals surface area contributed by atoms with Gasteiger partial charge in [0, 0.05) is 45.1 Å². The summed E-state index contributed by atoms with van der Waals surface area (Å²) in [4.78, 5) is 17.4. The van der Waals surface area contributed by atoms with E-state index in [1.54, 1.807) is 4.90 Å². The maximum Gasteiger partial charge on any atom is 0.266 e. The Bertz CT molecular complexity index is 621. The van der Waals surface area contributed by atoms with E-state index >= 15 is 0 Å². The number of hydrogen-bond donors (Lipinski definition) is 0. The number of rotatable bonds is 5. The zero-order valence-corrected chi connectivity index (χ0v) is 14.9. The third-order valence-electron chi connectivity index (χ3n) is 4.10. The van der Waals surface area contributed by atoms with E-state index in [9.17, 15) is 4.79 Å². The second kappa shape index (κ2) is 7.61. The summed E-state index contributed by atoms with van der Waals surface area (Å²) >= 11 is 6.78. The van der Waals surface area contributed by atoms with Crippen LogP contribution in [0, 0.1) is 0 Å². The van der Waals surface area contributed by atoms with E-state index in [0.29, 0.717) is 15.8 Å². The summed E-state index contributed by atoms with van der Waals surface area (Å²) in [6.45, 7) is 5.24. The van der Waals surface area contributed by atoms with Crippen LogP contribution in [0.2, 0.25) is 0 Å². The van der Waals surface area contributed by atoms with E-state index in [2.05, 4.69) is 4.90 Å². The van der Waals surface area contributed by atoms with Gasteiger partial charge in [0.05, 0.1) is 18.1 Å². The van der Waals surface area contributed by atoms with Gasteiger partial charge in [-0.3, -0.25) is 14.6 Å². The van der Waals surface area contributed by atoms with Crippen molar-refractivity contribution in [2.24, 2.45) is 7.05 Å². The number of carbonyl (C=O) groups excluding carboxylic acids is 1. The third-order valence-corrected chi connectivity index (χ3v) is 5.47. The van der Waals surface area contributed by atoms with Crippen molar-refractivity contribution in [1.82, 2.24) is 14.4 Å². The Morgan fingerprint density at radius 1 is 1.35 bits per heavy atom. The molecule has 2 fully saturated rings. The predicted molar refractivity (Wildman–Crippen MR) is 97.2 cm³/mol. The summed E-state index contributed by atoms with van der Waals surface area (Å²) in [6, 6.07) is 3.96. The Morgan fingerprint density at radius 3 is 2.83 bits per heavy atom. The lowest BCUT2D eigenvalue weighted by Crippen LogP contribution is -2.38. The van der Waals surface area contributed by atoms with E-state index in [1.807, 2.05) is 36.0 Å². The molecule has 0 N–H and O–H groups in total. The highest BCUT2D eigenvalue weighted by Gasteiger charge is 2.31. The van der Waals surface area contributed by atoms with Gasteiger partial charge in [-0.05, 0) is 24.6 Å². The van der Waals surface area contributed by atoms with Gasteiger partial charge in [0.15, 0.2) is 0 Å². The Hall–Kier alpha value is -1.15. The molecule has 2 aliphatic heterocycles. The standard InChI is InChI=1S/C16H21N3O2S2/c1-17-5-2-4-13(17)12-14-15(20)19(16(22)23-14)7-3-6-18-8-10-21-11-9-18/h2,4-5,12H,3,6-11H2,1H3/b14-12-. The highest BCUT2D eigenvalue weighted by atomic mass is 32.2. The smallest absolute Gasteiger partial charge is 0.266 e. The zero-order chi connectivity index (χ0) is 16.2. The molecule has 0 aliphatic carbocycles. The van der Waals surface area contributed by atoms with Crippen LogP contribution in [0.3, 0.4) is 0 Å². The molecule has 0 spiro atoms. The first-order chi connectivity index (χ1) is 11.1. The summed E-state index contributed by atoms with van der Waals surface area (Å²) in [7, 11) is 1.97. The van der Waals surface area contributed by atoms with Gasteiger partial charge < -0.3 is 9.30 Å². The lowest BCUT2D eigenvalue weighted by atomic mass is 10.3. The fourth-order valence-corrected chi connectivity index (χ4v) is 4.02. The van der Waals surface area contributed by atoms with Gasteiger partial charge in [-0.15, -0.1) is 0 Å². The lowest BCUT2D eigenvalue weighted by molar-refractivity contribution is -0.122. The van der Waals surface area contributed by atoms with Crippen molar-refractivity contribution >= 4 is 40.3 Å². The summed E-state index contributed by atoms with van der Waals surface area (Å²) in [5.74, 6) is 0.0307. The molecule has 7 heteroatoms. The van der Waals surface area contributed by atoms with Gasteiger partial charge in [0.25, 0.3) is 5.91 Å². The minimum absolute atomic E-state index is 0.0307. The highest BCUT2D eigenvalue weighted by Crippen LogP contribution is 2.32. The summed E-state index contributed by atoms with van der Waals surface area (Å²) in [5.41, 5.74) is 1.01. The second-order valence-electron chi connectivity index (χ2n) is 5.68. The first-order valence-electron chi connectivity index (χ1n) is 7.82. The van der Waals surface area contributed by atoms with Crippen molar-refractivity contribution in [3.8, 4) is 0 Å². The van der Waals surface area contributed by atoms with Gasteiger partial charge in [-0.25, -0.2) is 0 Å². The average Bonchev–Trinajstić information content (AvgIpc) is 3.07. The van der Waals surface area contributed by atoms with Crippen molar-refractivity contribution in [3.63, 3.8) is 0 Å². The topological polar surface area (TPSA) is 37.7 Å². The van der Waals surface area contributed by atoms with Crippen LogP contribution in [-0.2, 0) is 16.6 Å². The molecule has 3 rings (SSSR count). The molecule has 0 aromatic carbocycles. The van der Waals surface area contributed by atoms with Crippen LogP contribution < -0.4 is 0 Å². The van der Waals surface area contributed by atoms with E-state index in [4.69, 9.17) is 17.0 Å². The number of thioether (sulfide) groups is 1. The summed E-state index contributed by atoms with van der Waals surface area (Å²) in [6.07, 6.45) is 4.82. The fourth-order valence-electron chi connectivity index (χ4n) is 2.73. The molecule has 5 nitrogen and oxygen atoms in total. The monoisotopic (exact) mass is 351 g/mol. The molecule has 2 aliphatic rings. The van der Waals surface area contributed by atoms with Crippen molar-refractivity contribution in [3.05, 3.63) is 28.9 Å². The molecule has 1 aromatic rings. The maximum absolute atomic E-state index is 12.5. The molecule has 1 aromatic heterocycles. The molecule has 0 radical (unpaired) electrons. The van der Waals surface area contributed by atoms with Gasteiger partial charge in [-0.2, -0.15) is 0 Å². The van der Waals surface area contributed by atoms with Crippen molar-refractivity contribution < 1.29 is 9.53 Å². The Kier molecular flexibility index (Phi) is 5.53. The number of morpholine rings is 1. The predicted octanol–water partition coefficient (Wildman–Crippen LogP) is 1.95. The number of carbonyl (C=O) groups is 1. The molecule has 23 heavy (non-hydrogen) atoms. The van der Waals surface area contributed by atoms with Crippen LogP contribution in [-0.4, -0.2) is 64.0 Å². The minimum atomic E-state index is 0.0307. The number of aromatic nitrogens is 1. The van der Waals surface area contributed by atoms with Crippen LogP contribution >= 0.6 is 24.0 Å². The second-order valence-corrected chi connectivity index (χ2v) is 7.36. The largest absolute Gasteiger partial charge is 0.379 e. The Labute approximate surface area is 146 Å². The summed E-state index contributed by atoms with van der Waals surface area (Å²) < 4.78 is 8.00. The molecule has 0 unspecified atom stereocenters. The van der Waals surface area contributed by atoms with Crippen molar-refractivity contribution in [2.75, 3.05) is 39.4 Å². The van der Waals surface area contributed by atoms with Crippen molar-refractivity contribution in [1.29, 1.82) is 0 Å². The Balaban J connectivity index is 1.56. The van der Waals surface area contributed by atoms with Gasteiger partial charge in [0.1, 0.15) is 4.32 Å². The number of amides is 1. The van der Waals surface area contributed by atoms with Crippen LogP contribution in [0.25, 0.3) is 6.08 Å². The first-order valence-corrected chi connectivity index (χ1v) is 9.04. The van der Waals surface area contributed by atoms with Gasteiger partial charge in [-0.1, -0.05) is 24.0 Å². The molecule has 0 saturated carbocycles. The van der Waals surface area contributed by atoms with Gasteiger partial charge >= 0.3 is 0 Å². The van der Waals surface area contributed by atoms with Crippen LogP contribution in [0.5, 0.6) is 0 Å². The first kappa shape index (κ1) is 16.7. The van der Waals surface area contributed by atoms with E-state index < -0.39 is 0 Å². The summed E-state index contributed by atoms with van der Waals surface area (Å²) in [5, 5.41) is 0. The van der Waals surface area contributed by atoms with Crippen LogP contribution in [0.15, 0.2) is 23.2 Å².